The SMILES string of the molecule is CCC(CC(=O)OC)(C(=O)OC)P(=O)(O)OOC. The van der Waals surface area contributed by atoms with Gasteiger partial charge in [0.05, 0.1) is 27.8 Å². The van der Waals surface area contributed by atoms with Crippen molar-refractivity contribution in [2.24, 2.45) is 0 Å². The van der Waals surface area contributed by atoms with Crippen molar-refractivity contribution >= 4 is 19.5 Å². The molecule has 0 rings (SSSR count). The normalized spacial score (nSPS) is 17.4. The van der Waals surface area contributed by atoms with Crippen LogP contribution in [0.15, 0.2) is 0 Å². The summed E-state index contributed by atoms with van der Waals surface area (Å²) in [6.07, 6.45) is -0.810. The predicted molar refractivity (Wildman–Crippen MR) is 59.6 cm³/mol. The quantitative estimate of drug-likeness (QED) is 0.314. The lowest BCUT2D eigenvalue weighted by atomic mass is 10.0. The van der Waals surface area contributed by atoms with Crippen LogP contribution in [0, 0.1) is 0 Å². The fourth-order valence-corrected chi connectivity index (χ4v) is 2.83. The molecule has 0 heterocycles. The second kappa shape index (κ2) is 6.84. The third-order valence-corrected chi connectivity index (χ3v) is 4.62. The molecule has 8 nitrogen and oxygen atoms in total. The first-order chi connectivity index (χ1) is 8.31. The van der Waals surface area contributed by atoms with Gasteiger partial charge in [-0.15, -0.1) is 4.67 Å². The summed E-state index contributed by atoms with van der Waals surface area (Å²) < 4.78 is 25.1. The number of rotatable bonds is 7. The molecule has 106 valence electrons. The highest BCUT2D eigenvalue weighted by atomic mass is 31.2. The Morgan fingerprint density at radius 1 is 1.22 bits per heavy atom. The molecule has 0 bridgehead atoms. The lowest BCUT2D eigenvalue weighted by molar-refractivity contribution is -0.190. The van der Waals surface area contributed by atoms with Crippen LogP contribution in [0.25, 0.3) is 0 Å². The Bertz CT molecular complexity index is 354. The molecular formula is C9H17O8P. The minimum atomic E-state index is -4.57. The number of carbonyl (C=O) groups excluding carboxylic acids is 2. The van der Waals surface area contributed by atoms with Crippen LogP contribution in [0.1, 0.15) is 19.8 Å². The van der Waals surface area contributed by atoms with E-state index in [0.717, 1.165) is 21.3 Å². The highest BCUT2D eigenvalue weighted by Crippen LogP contribution is 2.59. The van der Waals surface area contributed by atoms with E-state index in [1.807, 2.05) is 0 Å². The van der Waals surface area contributed by atoms with Gasteiger partial charge in [0.1, 0.15) is 0 Å². The van der Waals surface area contributed by atoms with Crippen LogP contribution in [0.2, 0.25) is 0 Å². The van der Waals surface area contributed by atoms with E-state index in [-0.39, 0.29) is 6.42 Å². The molecule has 0 saturated carbocycles. The Morgan fingerprint density at radius 2 is 1.78 bits per heavy atom. The molecular weight excluding hydrogens is 267 g/mol. The number of carbonyl (C=O) groups is 2. The molecule has 2 unspecified atom stereocenters. The number of methoxy groups -OCH3 is 2. The molecule has 0 aliphatic carbocycles. The molecule has 0 amide bonds. The summed E-state index contributed by atoms with van der Waals surface area (Å²) in [5, 5.41) is -2.05. The molecule has 2 atom stereocenters. The van der Waals surface area contributed by atoms with Crippen molar-refractivity contribution in [1.29, 1.82) is 0 Å². The average molecular weight is 284 g/mol. The van der Waals surface area contributed by atoms with Crippen molar-refractivity contribution in [3.8, 4) is 0 Å². The predicted octanol–water partition coefficient (Wildman–Crippen LogP) is 0.635. The van der Waals surface area contributed by atoms with Crippen LogP contribution in [-0.2, 0) is 33.2 Å². The van der Waals surface area contributed by atoms with E-state index in [1.165, 1.54) is 6.92 Å². The molecule has 18 heavy (non-hydrogen) atoms. The van der Waals surface area contributed by atoms with Crippen molar-refractivity contribution in [3.05, 3.63) is 0 Å². The van der Waals surface area contributed by atoms with Crippen molar-refractivity contribution < 1.29 is 38.1 Å². The van der Waals surface area contributed by atoms with Gasteiger partial charge >= 0.3 is 19.5 Å². The highest BCUT2D eigenvalue weighted by Gasteiger charge is 2.57. The Labute approximate surface area is 105 Å². The molecule has 0 aromatic rings. The van der Waals surface area contributed by atoms with Crippen molar-refractivity contribution in [2.45, 2.75) is 24.9 Å². The van der Waals surface area contributed by atoms with Gasteiger partial charge in [-0.2, -0.15) is 0 Å². The maximum Gasteiger partial charge on any atom is 0.373 e. The Balaban J connectivity index is 5.56. The molecule has 0 spiro atoms. The average Bonchev–Trinajstić information content (AvgIpc) is 2.34. The zero-order valence-corrected chi connectivity index (χ0v) is 11.6. The van der Waals surface area contributed by atoms with E-state index in [4.69, 9.17) is 0 Å². The molecule has 0 aliphatic heterocycles. The van der Waals surface area contributed by atoms with Crippen LogP contribution >= 0.6 is 7.60 Å². The van der Waals surface area contributed by atoms with Crippen molar-refractivity contribution in [3.63, 3.8) is 0 Å². The van der Waals surface area contributed by atoms with E-state index in [2.05, 4.69) is 19.0 Å². The Hall–Kier alpha value is -0.950. The lowest BCUT2D eigenvalue weighted by Crippen LogP contribution is -2.42. The van der Waals surface area contributed by atoms with Gasteiger partial charge in [0.25, 0.3) is 0 Å². The van der Waals surface area contributed by atoms with Crippen molar-refractivity contribution in [2.75, 3.05) is 21.3 Å². The van der Waals surface area contributed by atoms with Gasteiger partial charge in [0.15, 0.2) is 5.16 Å². The first kappa shape index (κ1) is 17.1. The zero-order chi connectivity index (χ0) is 14.4. The largest absolute Gasteiger partial charge is 0.469 e. The van der Waals surface area contributed by atoms with Gasteiger partial charge in [0, 0.05) is 0 Å². The fourth-order valence-electron chi connectivity index (χ4n) is 1.43. The van der Waals surface area contributed by atoms with Crippen LogP contribution in [0.5, 0.6) is 0 Å². The molecule has 0 saturated heterocycles. The van der Waals surface area contributed by atoms with Gasteiger partial charge < -0.3 is 14.4 Å². The molecule has 0 aliphatic rings. The minimum Gasteiger partial charge on any atom is -0.469 e. The molecule has 0 fully saturated rings. The smallest absolute Gasteiger partial charge is 0.373 e. The van der Waals surface area contributed by atoms with Crippen molar-refractivity contribution in [1.82, 2.24) is 0 Å². The Morgan fingerprint density at radius 3 is 2.11 bits per heavy atom. The van der Waals surface area contributed by atoms with Crippen LogP contribution < -0.4 is 0 Å². The fraction of sp³-hybridized carbons (Fsp3) is 0.778. The summed E-state index contributed by atoms with van der Waals surface area (Å²) in [4.78, 5) is 37.0. The zero-order valence-electron chi connectivity index (χ0n) is 10.7. The standard InChI is InChI=1S/C9H17O8P/c1-5-9(8(11)15-3,6-7(10)14-2)18(12,13)17-16-4/h5-6H2,1-4H3,(H,12,13). The lowest BCUT2D eigenvalue weighted by Gasteiger charge is -2.30. The summed E-state index contributed by atoms with van der Waals surface area (Å²) >= 11 is 0. The topological polar surface area (TPSA) is 108 Å². The van der Waals surface area contributed by atoms with E-state index >= 15 is 0 Å². The monoisotopic (exact) mass is 284 g/mol. The van der Waals surface area contributed by atoms with Crippen LogP contribution in [0.3, 0.4) is 0 Å². The molecule has 1 N–H and O–H groups in total. The molecule has 0 radical (unpaired) electrons. The van der Waals surface area contributed by atoms with E-state index in [1.54, 1.807) is 0 Å². The summed E-state index contributed by atoms with van der Waals surface area (Å²) in [5.74, 6) is -1.88. The molecule has 0 aromatic carbocycles. The van der Waals surface area contributed by atoms with Gasteiger partial charge in [-0.3, -0.25) is 14.2 Å². The number of esters is 2. The van der Waals surface area contributed by atoms with E-state index < -0.39 is 31.1 Å². The Kier molecular flexibility index (Phi) is 6.48. The summed E-state index contributed by atoms with van der Waals surface area (Å²) in [5.41, 5.74) is 0. The second-order valence-corrected chi connectivity index (χ2v) is 5.44. The summed E-state index contributed by atoms with van der Waals surface area (Å²) in [6.45, 7) is 1.45. The summed E-state index contributed by atoms with van der Waals surface area (Å²) in [6, 6.07) is 0. The maximum absolute atomic E-state index is 12.0. The van der Waals surface area contributed by atoms with Crippen LogP contribution in [0.4, 0.5) is 0 Å². The number of hydrogen-bond acceptors (Lipinski definition) is 7. The van der Waals surface area contributed by atoms with Gasteiger partial charge in [-0.1, -0.05) is 6.92 Å². The maximum atomic E-state index is 12.0. The summed E-state index contributed by atoms with van der Waals surface area (Å²) in [7, 11) is -1.42. The van der Waals surface area contributed by atoms with Gasteiger partial charge in [0.2, 0.25) is 0 Å². The van der Waals surface area contributed by atoms with Gasteiger partial charge in [-0.05, 0) is 6.42 Å². The third kappa shape index (κ3) is 3.29. The third-order valence-electron chi connectivity index (χ3n) is 2.53. The van der Waals surface area contributed by atoms with E-state index in [0.29, 0.717) is 0 Å². The first-order valence-electron chi connectivity index (χ1n) is 5.01. The molecule has 0 aromatic heterocycles. The first-order valence-corrected chi connectivity index (χ1v) is 6.59. The van der Waals surface area contributed by atoms with Gasteiger partial charge in [-0.25, -0.2) is 4.89 Å². The molecule has 9 heteroatoms. The number of ether oxygens (including phenoxy) is 2. The second-order valence-electron chi connectivity index (χ2n) is 3.39. The highest BCUT2D eigenvalue weighted by molar-refractivity contribution is 7.55. The number of hydrogen-bond donors (Lipinski definition) is 1. The minimum absolute atomic E-state index is 0.161. The van der Waals surface area contributed by atoms with Crippen LogP contribution in [-0.4, -0.2) is 43.3 Å². The van der Waals surface area contributed by atoms with E-state index in [9.17, 15) is 19.0 Å².